The molecule has 0 bridgehead atoms. The summed E-state index contributed by atoms with van der Waals surface area (Å²) in [4.78, 5) is 16.0. The van der Waals surface area contributed by atoms with Gasteiger partial charge < -0.3 is 15.6 Å². The highest BCUT2D eigenvalue weighted by Gasteiger charge is 2.06. The van der Waals surface area contributed by atoms with Crippen LogP contribution >= 0.6 is 11.6 Å². The minimum Gasteiger partial charge on any atom is -0.397 e. The first kappa shape index (κ1) is 14.4. The lowest BCUT2D eigenvalue weighted by molar-refractivity contribution is -0.116. The molecular weight excluding hydrogens is 276 g/mol. The Labute approximate surface area is 122 Å². The number of benzene rings is 1. The summed E-state index contributed by atoms with van der Waals surface area (Å²) in [5.41, 5.74) is 6.85. The number of anilines is 2. The van der Waals surface area contributed by atoms with Gasteiger partial charge in [0.1, 0.15) is 5.82 Å². The molecule has 0 radical (unpaired) electrons. The summed E-state index contributed by atoms with van der Waals surface area (Å²) < 4.78 is 2.02. The lowest BCUT2D eigenvalue weighted by Crippen LogP contribution is -2.13. The molecule has 0 atom stereocenters. The first-order chi connectivity index (χ1) is 9.56. The van der Waals surface area contributed by atoms with Gasteiger partial charge in [-0.2, -0.15) is 0 Å². The maximum atomic E-state index is 11.8. The van der Waals surface area contributed by atoms with Crippen LogP contribution in [0.5, 0.6) is 0 Å². The van der Waals surface area contributed by atoms with Gasteiger partial charge in [-0.15, -0.1) is 0 Å². The van der Waals surface area contributed by atoms with Crippen LogP contribution in [-0.2, 0) is 11.3 Å². The van der Waals surface area contributed by atoms with Crippen LogP contribution in [0.2, 0.25) is 5.02 Å². The summed E-state index contributed by atoms with van der Waals surface area (Å²) in [5, 5.41) is 3.34. The van der Waals surface area contributed by atoms with Crippen LogP contribution < -0.4 is 11.1 Å². The number of aryl methyl sites for hydroxylation is 2. The molecule has 5 nitrogen and oxygen atoms in total. The molecule has 6 heteroatoms. The number of aromatic nitrogens is 2. The highest BCUT2D eigenvalue weighted by atomic mass is 35.5. The molecule has 106 valence electrons. The van der Waals surface area contributed by atoms with E-state index in [1.54, 1.807) is 24.4 Å². The van der Waals surface area contributed by atoms with Gasteiger partial charge >= 0.3 is 0 Å². The van der Waals surface area contributed by atoms with Crippen LogP contribution in [0.4, 0.5) is 11.4 Å². The summed E-state index contributed by atoms with van der Waals surface area (Å²) in [6, 6.07) is 5.02. The van der Waals surface area contributed by atoms with Gasteiger partial charge in [0.25, 0.3) is 0 Å². The van der Waals surface area contributed by atoms with Gasteiger partial charge in [-0.1, -0.05) is 11.6 Å². The monoisotopic (exact) mass is 292 g/mol. The van der Waals surface area contributed by atoms with E-state index in [4.69, 9.17) is 17.3 Å². The number of nitrogens with two attached hydrogens (primary N) is 1. The number of carbonyl (C=O) groups excluding carboxylic acids is 1. The molecule has 20 heavy (non-hydrogen) atoms. The molecule has 3 N–H and O–H groups in total. The van der Waals surface area contributed by atoms with Gasteiger partial charge in [0.05, 0.1) is 11.4 Å². The van der Waals surface area contributed by atoms with E-state index in [-0.39, 0.29) is 5.91 Å². The minimum atomic E-state index is -0.0585. The second-order valence-corrected chi connectivity index (χ2v) is 4.99. The van der Waals surface area contributed by atoms with E-state index < -0.39 is 0 Å². The van der Waals surface area contributed by atoms with E-state index in [1.165, 1.54) is 0 Å². The molecule has 0 saturated heterocycles. The molecule has 0 fully saturated rings. The van der Waals surface area contributed by atoms with Gasteiger partial charge in [-0.05, 0) is 31.5 Å². The Kier molecular flexibility index (Phi) is 4.63. The predicted octanol–water partition coefficient (Wildman–Crippen LogP) is 2.85. The molecule has 0 aliphatic rings. The van der Waals surface area contributed by atoms with Crippen LogP contribution in [-0.4, -0.2) is 15.5 Å². The topological polar surface area (TPSA) is 72.9 Å². The van der Waals surface area contributed by atoms with Gasteiger partial charge in [0.15, 0.2) is 0 Å². The number of halogens is 1. The summed E-state index contributed by atoms with van der Waals surface area (Å²) in [5.74, 6) is 0.893. The van der Waals surface area contributed by atoms with Crippen LogP contribution in [0, 0.1) is 6.92 Å². The highest BCUT2D eigenvalue weighted by Crippen LogP contribution is 2.22. The van der Waals surface area contributed by atoms with Crippen molar-refractivity contribution in [3.63, 3.8) is 0 Å². The number of rotatable bonds is 5. The Bertz CT molecular complexity index is 609. The van der Waals surface area contributed by atoms with Crippen molar-refractivity contribution in [1.82, 2.24) is 9.55 Å². The van der Waals surface area contributed by atoms with Gasteiger partial charge in [-0.3, -0.25) is 4.79 Å². The zero-order valence-electron chi connectivity index (χ0n) is 11.3. The Morgan fingerprint density at radius 2 is 2.30 bits per heavy atom. The van der Waals surface area contributed by atoms with Crippen LogP contribution in [0.15, 0.2) is 30.6 Å². The van der Waals surface area contributed by atoms with E-state index in [2.05, 4.69) is 10.3 Å². The average molecular weight is 293 g/mol. The number of nitrogens with zero attached hydrogens (tertiary/aromatic N) is 2. The van der Waals surface area contributed by atoms with E-state index in [1.807, 2.05) is 17.7 Å². The zero-order valence-corrected chi connectivity index (χ0v) is 12.0. The van der Waals surface area contributed by atoms with Gasteiger partial charge in [0, 0.05) is 30.4 Å². The number of nitrogens with one attached hydrogen (secondary N) is 1. The number of hydrogen-bond donors (Lipinski definition) is 2. The van der Waals surface area contributed by atoms with Crippen molar-refractivity contribution in [2.24, 2.45) is 0 Å². The fraction of sp³-hybridized carbons (Fsp3) is 0.286. The minimum absolute atomic E-state index is 0.0585. The van der Waals surface area contributed by atoms with E-state index >= 15 is 0 Å². The molecule has 2 aromatic rings. The van der Waals surface area contributed by atoms with E-state index in [0.29, 0.717) is 22.8 Å². The second-order valence-electron chi connectivity index (χ2n) is 4.55. The summed E-state index contributed by atoms with van der Waals surface area (Å²) in [6.07, 6.45) is 4.84. The second kappa shape index (κ2) is 6.43. The van der Waals surface area contributed by atoms with Crippen molar-refractivity contribution in [2.45, 2.75) is 26.3 Å². The quantitative estimate of drug-likeness (QED) is 0.832. The fourth-order valence-electron chi connectivity index (χ4n) is 1.91. The predicted molar refractivity (Wildman–Crippen MR) is 80.7 cm³/mol. The van der Waals surface area contributed by atoms with Crippen LogP contribution in [0.1, 0.15) is 18.7 Å². The first-order valence-electron chi connectivity index (χ1n) is 6.39. The lowest BCUT2D eigenvalue weighted by Gasteiger charge is -2.09. The standard InChI is InChI=1S/C14H17ClN4O/c1-10-17-6-8-19(10)7-2-3-14(20)18-13-5-4-11(15)9-12(13)16/h4-6,8-9H,2-3,7,16H2,1H3,(H,18,20). The molecule has 0 saturated carbocycles. The van der Waals surface area contributed by atoms with Crippen molar-refractivity contribution >= 4 is 28.9 Å². The number of imidazole rings is 1. The third-order valence-corrected chi connectivity index (χ3v) is 3.25. The largest absolute Gasteiger partial charge is 0.397 e. The maximum Gasteiger partial charge on any atom is 0.224 e. The molecule has 1 aromatic heterocycles. The fourth-order valence-corrected chi connectivity index (χ4v) is 2.09. The molecule has 1 amide bonds. The van der Waals surface area contributed by atoms with Crippen molar-refractivity contribution in [3.8, 4) is 0 Å². The number of nitrogen functional groups attached to an aromatic ring is 1. The van der Waals surface area contributed by atoms with Crippen LogP contribution in [0.3, 0.4) is 0 Å². The van der Waals surface area contributed by atoms with Gasteiger partial charge in [-0.25, -0.2) is 4.98 Å². The summed E-state index contributed by atoms with van der Waals surface area (Å²) in [7, 11) is 0. The van der Waals surface area contributed by atoms with Crippen molar-refractivity contribution in [2.75, 3.05) is 11.1 Å². The van der Waals surface area contributed by atoms with Crippen molar-refractivity contribution < 1.29 is 4.79 Å². The molecule has 0 unspecified atom stereocenters. The molecule has 1 heterocycles. The van der Waals surface area contributed by atoms with E-state index in [0.717, 1.165) is 18.8 Å². The van der Waals surface area contributed by atoms with Crippen molar-refractivity contribution in [1.29, 1.82) is 0 Å². The van der Waals surface area contributed by atoms with Crippen LogP contribution in [0.25, 0.3) is 0 Å². The lowest BCUT2D eigenvalue weighted by atomic mass is 10.2. The first-order valence-corrected chi connectivity index (χ1v) is 6.76. The summed E-state index contributed by atoms with van der Waals surface area (Å²) in [6.45, 7) is 2.71. The zero-order chi connectivity index (χ0) is 14.5. The van der Waals surface area contributed by atoms with Gasteiger partial charge in [0.2, 0.25) is 5.91 Å². The third kappa shape index (κ3) is 3.74. The Morgan fingerprint density at radius 3 is 2.95 bits per heavy atom. The molecule has 2 rings (SSSR count). The Hall–Kier alpha value is -2.01. The number of amides is 1. The molecule has 0 aliphatic carbocycles. The third-order valence-electron chi connectivity index (χ3n) is 3.01. The molecule has 0 spiro atoms. The Balaban J connectivity index is 1.82. The summed E-state index contributed by atoms with van der Waals surface area (Å²) >= 11 is 5.81. The number of carbonyl (C=O) groups is 1. The molecular formula is C14H17ClN4O. The number of hydrogen-bond acceptors (Lipinski definition) is 3. The average Bonchev–Trinajstić information content (AvgIpc) is 2.79. The Morgan fingerprint density at radius 1 is 1.50 bits per heavy atom. The maximum absolute atomic E-state index is 11.8. The molecule has 0 aliphatic heterocycles. The van der Waals surface area contributed by atoms with E-state index in [9.17, 15) is 4.79 Å². The molecule has 1 aromatic carbocycles. The smallest absolute Gasteiger partial charge is 0.224 e. The highest BCUT2D eigenvalue weighted by molar-refractivity contribution is 6.31. The normalized spacial score (nSPS) is 10.5. The SMILES string of the molecule is Cc1nccn1CCCC(=O)Nc1ccc(Cl)cc1N. The van der Waals surface area contributed by atoms with Crippen molar-refractivity contribution in [3.05, 3.63) is 41.4 Å².